The van der Waals surface area contributed by atoms with E-state index in [9.17, 15) is 9.59 Å². The maximum Gasteiger partial charge on any atom is 0.347 e. The summed E-state index contributed by atoms with van der Waals surface area (Å²) in [5.41, 5.74) is 2.24. The summed E-state index contributed by atoms with van der Waals surface area (Å²) in [6.45, 7) is 0.557. The molecule has 0 saturated carbocycles. The van der Waals surface area contributed by atoms with Gasteiger partial charge in [0.15, 0.2) is 12.6 Å². The number of ketones is 1. The third-order valence-corrected chi connectivity index (χ3v) is 5.63. The molecule has 2 heterocycles. The van der Waals surface area contributed by atoms with Gasteiger partial charge in [-0.25, -0.2) is 4.79 Å². The fourth-order valence-electron chi connectivity index (χ4n) is 3.66. The van der Waals surface area contributed by atoms with E-state index < -0.39 is 5.97 Å². The summed E-state index contributed by atoms with van der Waals surface area (Å²) in [6.07, 6.45) is 1.64. The van der Waals surface area contributed by atoms with E-state index in [0.29, 0.717) is 40.5 Å². The van der Waals surface area contributed by atoms with Crippen LogP contribution in [0.5, 0.6) is 23.0 Å². The first-order chi connectivity index (χ1) is 16.0. The summed E-state index contributed by atoms with van der Waals surface area (Å²) in [4.78, 5) is 25.5. The molecule has 0 fully saturated rings. The van der Waals surface area contributed by atoms with Crippen LogP contribution in [0, 0.1) is 0 Å². The highest BCUT2D eigenvalue weighted by molar-refractivity contribution is 9.10. The molecule has 0 radical (unpaired) electrons. The van der Waals surface area contributed by atoms with Crippen LogP contribution in [0.4, 0.5) is 0 Å². The number of fused-ring (bicyclic) bond motifs is 2. The summed E-state index contributed by atoms with van der Waals surface area (Å²) in [6, 6.07) is 15.2. The molecule has 0 atom stereocenters. The van der Waals surface area contributed by atoms with Crippen molar-refractivity contribution < 1.29 is 33.3 Å². The molecule has 2 aliphatic heterocycles. The molecule has 166 valence electrons. The largest absolute Gasteiger partial charge is 0.496 e. The Kier molecular flexibility index (Phi) is 5.62. The van der Waals surface area contributed by atoms with Crippen LogP contribution in [0.15, 0.2) is 64.8 Å². The van der Waals surface area contributed by atoms with E-state index in [4.69, 9.17) is 23.7 Å². The molecule has 7 nitrogen and oxygen atoms in total. The quantitative estimate of drug-likeness (QED) is 0.273. The molecule has 0 saturated heterocycles. The Hall–Kier alpha value is -3.62. The van der Waals surface area contributed by atoms with E-state index in [1.54, 1.807) is 42.5 Å². The Bertz CT molecular complexity index is 1310. The highest BCUT2D eigenvalue weighted by atomic mass is 79.9. The van der Waals surface area contributed by atoms with Crippen molar-refractivity contribution in [3.8, 4) is 23.0 Å². The molecule has 3 aromatic rings. The summed E-state index contributed by atoms with van der Waals surface area (Å²) < 4.78 is 28.3. The van der Waals surface area contributed by atoms with Gasteiger partial charge in [-0.3, -0.25) is 4.79 Å². The topological polar surface area (TPSA) is 80.3 Å². The number of hydrogen-bond donors (Lipinski definition) is 0. The predicted octanol–water partition coefficient (Wildman–Crippen LogP) is 5.16. The monoisotopic (exact) mass is 508 g/mol. The lowest BCUT2D eigenvalue weighted by molar-refractivity contribution is -0.0165. The van der Waals surface area contributed by atoms with Crippen LogP contribution < -0.4 is 18.9 Å². The fourth-order valence-corrected chi connectivity index (χ4v) is 4.19. The number of Topliss-reactive ketones (excluding diaryl/α,β-unsaturated/α-hetero) is 1. The maximum atomic E-state index is 12.9. The lowest BCUT2D eigenvalue weighted by Gasteiger charge is -2.20. The molecular formula is C25H17BrO7. The first-order valence-electron chi connectivity index (χ1n) is 10.00. The van der Waals surface area contributed by atoms with Crippen LogP contribution >= 0.6 is 15.9 Å². The molecule has 0 bridgehead atoms. The van der Waals surface area contributed by atoms with Gasteiger partial charge in [-0.05, 0) is 42.5 Å². The molecule has 3 aromatic carbocycles. The first kappa shape index (κ1) is 21.2. The van der Waals surface area contributed by atoms with Gasteiger partial charge in [0.1, 0.15) is 28.6 Å². The van der Waals surface area contributed by atoms with E-state index in [1.807, 2.05) is 12.1 Å². The minimum Gasteiger partial charge on any atom is -0.496 e. The predicted molar refractivity (Wildman–Crippen MR) is 122 cm³/mol. The van der Waals surface area contributed by atoms with Crippen molar-refractivity contribution in [3.63, 3.8) is 0 Å². The maximum absolute atomic E-state index is 12.9. The average Bonchev–Trinajstić information content (AvgIpc) is 3.13. The number of rotatable bonds is 4. The molecule has 5 rings (SSSR count). The van der Waals surface area contributed by atoms with Crippen molar-refractivity contribution in [2.75, 3.05) is 13.9 Å². The van der Waals surface area contributed by atoms with Crippen molar-refractivity contribution in [3.05, 3.63) is 87.1 Å². The molecule has 0 unspecified atom stereocenters. The zero-order valence-corrected chi connectivity index (χ0v) is 19.0. The minimum atomic E-state index is -0.576. The normalized spacial score (nSPS) is 15.3. The third kappa shape index (κ3) is 4.10. The van der Waals surface area contributed by atoms with Crippen LogP contribution in [-0.4, -0.2) is 25.7 Å². The van der Waals surface area contributed by atoms with Crippen LogP contribution in [0.25, 0.3) is 6.08 Å². The molecular weight excluding hydrogens is 492 g/mol. The van der Waals surface area contributed by atoms with Crippen molar-refractivity contribution >= 4 is 33.8 Å². The van der Waals surface area contributed by atoms with Gasteiger partial charge in [-0.15, -0.1) is 0 Å². The number of methoxy groups -OCH3 is 1. The SMILES string of the molecule is COc1ccccc1C(=O)Oc1ccc2c(c1)O/C(=C\c1cc(Br)cc3c1OCOC3)C2=O. The Morgan fingerprint density at radius 1 is 1.12 bits per heavy atom. The number of esters is 1. The number of ether oxygens (including phenoxy) is 5. The number of halogens is 1. The lowest BCUT2D eigenvalue weighted by Crippen LogP contribution is -2.12. The summed E-state index contributed by atoms with van der Waals surface area (Å²) in [5, 5.41) is 0. The first-order valence-corrected chi connectivity index (χ1v) is 10.8. The van der Waals surface area contributed by atoms with Gasteiger partial charge < -0.3 is 23.7 Å². The lowest BCUT2D eigenvalue weighted by atomic mass is 10.1. The Morgan fingerprint density at radius 3 is 2.82 bits per heavy atom. The number of para-hydroxylation sites is 1. The molecule has 2 aliphatic rings. The zero-order valence-electron chi connectivity index (χ0n) is 17.4. The van der Waals surface area contributed by atoms with E-state index in [-0.39, 0.29) is 24.1 Å². The Morgan fingerprint density at radius 2 is 1.97 bits per heavy atom. The van der Waals surface area contributed by atoms with Crippen LogP contribution in [-0.2, 0) is 11.3 Å². The van der Waals surface area contributed by atoms with Crippen LogP contribution in [0.2, 0.25) is 0 Å². The van der Waals surface area contributed by atoms with Gasteiger partial charge in [-0.1, -0.05) is 28.1 Å². The molecule has 0 amide bonds. The zero-order chi connectivity index (χ0) is 22.9. The second-order valence-electron chi connectivity index (χ2n) is 7.28. The number of benzene rings is 3. The number of hydrogen-bond acceptors (Lipinski definition) is 7. The molecule has 33 heavy (non-hydrogen) atoms. The highest BCUT2D eigenvalue weighted by Crippen LogP contribution is 2.38. The highest BCUT2D eigenvalue weighted by Gasteiger charge is 2.29. The van der Waals surface area contributed by atoms with Crippen LogP contribution in [0.3, 0.4) is 0 Å². The second kappa shape index (κ2) is 8.73. The second-order valence-corrected chi connectivity index (χ2v) is 8.20. The van der Waals surface area contributed by atoms with Gasteiger partial charge in [0, 0.05) is 21.7 Å². The van der Waals surface area contributed by atoms with Gasteiger partial charge in [0.2, 0.25) is 5.78 Å². The van der Waals surface area contributed by atoms with Crippen molar-refractivity contribution in [1.82, 2.24) is 0 Å². The third-order valence-electron chi connectivity index (χ3n) is 5.17. The van der Waals surface area contributed by atoms with Crippen molar-refractivity contribution in [1.29, 1.82) is 0 Å². The molecule has 0 N–H and O–H groups in total. The summed E-state index contributed by atoms with van der Waals surface area (Å²) in [5.74, 6) is 0.916. The standard InChI is InChI=1S/C25H17BrO7/c1-29-20-5-3-2-4-19(20)25(28)32-17-6-7-18-21(11-17)33-22(23(18)27)10-14-8-16(26)9-15-12-30-13-31-24(14)15/h2-11H,12-13H2,1H3/b22-10-. The number of allylic oxidation sites excluding steroid dienone is 1. The van der Waals surface area contributed by atoms with Crippen LogP contribution in [0.1, 0.15) is 31.8 Å². The molecule has 0 aromatic heterocycles. The van der Waals surface area contributed by atoms with E-state index in [2.05, 4.69) is 15.9 Å². The van der Waals surface area contributed by atoms with E-state index in [1.165, 1.54) is 13.2 Å². The molecule has 0 spiro atoms. The van der Waals surface area contributed by atoms with Crippen molar-refractivity contribution in [2.24, 2.45) is 0 Å². The van der Waals surface area contributed by atoms with Gasteiger partial charge in [-0.2, -0.15) is 0 Å². The number of carbonyl (C=O) groups is 2. The smallest absolute Gasteiger partial charge is 0.347 e. The Balaban J connectivity index is 1.41. The summed E-state index contributed by atoms with van der Waals surface area (Å²) >= 11 is 3.47. The van der Waals surface area contributed by atoms with Gasteiger partial charge in [0.25, 0.3) is 0 Å². The van der Waals surface area contributed by atoms with Gasteiger partial charge in [0.05, 0.1) is 19.3 Å². The van der Waals surface area contributed by atoms with E-state index >= 15 is 0 Å². The average molecular weight is 509 g/mol. The molecule has 8 heteroatoms. The minimum absolute atomic E-state index is 0.140. The molecule has 0 aliphatic carbocycles. The fraction of sp³-hybridized carbons (Fsp3) is 0.120. The summed E-state index contributed by atoms with van der Waals surface area (Å²) in [7, 11) is 1.48. The number of carbonyl (C=O) groups excluding carboxylic acids is 2. The Labute approximate surface area is 197 Å². The van der Waals surface area contributed by atoms with Crippen molar-refractivity contribution in [2.45, 2.75) is 6.61 Å². The van der Waals surface area contributed by atoms with E-state index in [0.717, 1.165) is 10.0 Å². The van der Waals surface area contributed by atoms with Gasteiger partial charge >= 0.3 is 5.97 Å².